The van der Waals surface area contributed by atoms with Gasteiger partial charge < -0.3 is 15.0 Å². The van der Waals surface area contributed by atoms with Gasteiger partial charge in [0, 0.05) is 13.1 Å². The maximum Gasteiger partial charge on any atom is 0.326 e. The molecule has 0 atom stereocenters. The monoisotopic (exact) mass is 242 g/mol. The SMILES string of the molecule is CCCNC1(C(=O)OC)CCN(CCC)CC1. The smallest absolute Gasteiger partial charge is 0.326 e. The van der Waals surface area contributed by atoms with E-state index in [1.165, 1.54) is 13.5 Å². The first-order valence-electron chi connectivity index (χ1n) is 6.74. The van der Waals surface area contributed by atoms with Crippen molar-refractivity contribution in [3.63, 3.8) is 0 Å². The third-order valence-corrected chi connectivity index (χ3v) is 3.54. The van der Waals surface area contributed by atoms with Gasteiger partial charge in [0.15, 0.2) is 0 Å². The fourth-order valence-corrected chi connectivity index (χ4v) is 2.49. The molecule has 100 valence electrons. The Hall–Kier alpha value is -0.610. The summed E-state index contributed by atoms with van der Waals surface area (Å²) in [5, 5.41) is 3.40. The zero-order valence-corrected chi connectivity index (χ0v) is 11.4. The fourth-order valence-electron chi connectivity index (χ4n) is 2.49. The van der Waals surface area contributed by atoms with E-state index in [2.05, 4.69) is 24.1 Å². The number of nitrogens with one attached hydrogen (secondary N) is 1. The van der Waals surface area contributed by atoms with Crippen LogP contribution in [0.4, 0.5) is 0 Å². The van der Waals surface area contributed by atoms with E-state index in [4.69, 9.17) is 4.74 Å². The van der Waals surface area contributed by atoms with E-state index >= 15 is 0 Å². The highest BCUT2D eigenvalue weighted by Crippen LogP contribution is 2.24. The normalized spacial score (nSPS) is 20.2. The summed E-state index contributed by atoms with van der Waals surface area (Å²) in [4.78, 5) is 14.4. The van der Waals surface area contributed by atoms with Crippen molar-refractivity contribution < 1.29 is 9.53 Å². The Bertz CT molecular complexity index is 236. The fraction of sp³-hybridized carbons (Fsp3) is 0.923. The molecule has 0 amide bonds. The molecule has 4 heteroatoms. The lowest BCUT2D eigenvalue weighted by Crippen LogP contribution is -2.59. The molecule has 0 spiro atoms. The lowest BCUT2D eigenvalue weighted by Gasteiger charge is -2.40. The number of carbonyl (C=O) groups is 1. The van der Waals surface area contributed by atoms with E-state index in [0.29, 0.717) is 0 Å². The number of piperidine rings is 1. The Labute approximate surface area is 105 Å². The standard InChI is InChI=1S/C13H26N2O2/c1-4-8-14-13(12(16)17-3)6-10-15(9-5-2)11-7-13/h14H,4-11H2,1-3H3. The van der Waals surface area contributed by atoms with Crippen LogP contribution in [0.5, 0.6) is 0 Å². The molecule has 0 bridgehead atoms. The summed E-state index contributed by atoms with van der Waals surface area (Å²) in [6.45, 7) is 8.29. The zero-order valence-electron chi connectivity index (χ0n) is 11.4. The Kier molecular flexibility index (Phi) is 5.92. The highest BCUT2D eigenvalue weighted by Gasteiger charge is 2.41. The Morgan fingerprint density at radius 2 is 1.94 bits per heavy atom. The lowest BCUT2D eigenvalue weighted by molar-refractivity contribution is -0.151. The summed E-state index contributed by atoms with van der Waals surface area (Å²) in [6, 6.07) is 0. The Balaban J connectivity index is 2.58. The van der Waals surface area contributed by atoms with Crippen LogP contribution < -0.4 is 5.32 Å². The lowest BCUT2D eigenvalue weighted by atomic mass is 9.87. The number of hydrogen-bond donors (Lipinski definition) is 1. The van der Waals surface area contributed by atoms with E-state index in [9.17, 15) is 4.79 Å². The average Bonchev–Trinajstić information content (AvgIpc) is 2.37. The van der Waals surface area contributed by atoms with Gasteiger partial charge in [-0.2, -0.15) is 0 Å². The largest absolute Gasteiger partial charge is 0.468 e. The summed E-state index contributed by atoms with van der Waals surface area (Å²) >= 11 is 0. The first-order valence-corrected chi connectivity index (χ1v) is 6.74. The van der Waals surface area contributed by atoms with Crippen molar-refractivity contribution in [3.8, 4) is 0 Å². The van der Waals surface area contributed by atoms with Gasteiger partial charge in [-0.25, -0.2) is 0 Å². The van der Waals surface area contributed by atoms with Crippen molar-refractivity contribution >= 4 is 5.97 Å². The zero-order chi connectivity index (χ0) is 12.7. The van der Waals surface area contributed by atoms with Gasteiger partial charge in [-0.3, -0.25) is 4.79 Å². The van der Waals surface area contributed by atoms with Gasteiger partial charge >= 0.3 is 5.97 Å². The number of nitrogens with zero attached hydrogens (tertiary/aromatic N) is 1. The van der Waals surface area contributed by atoms with Gasteiger partial charge in [0.25, 0.3) is 0 Å². The summed E-state index contributed by atoms with van der Waals surface area (Å²) < 4.78 is 4.97. The van der Waals surface area contributed by atoms with Crippen molar-refractivity contribution in [1.82, 2.24) is 10.2 Å². The second kappa shape index (κ2) is 6.97. The minimum absolute atomic E-state index is 0.0953. The second-order valence-electron chi connectivity index (χ2n) is 4.84. The molecular formula is C13H26N2O2. The molecule has 0 saturated carbocycles. The van der Waals surface area contributed by atoms with Crippen LogP contribution >= 0.6 is 0 Å². The molecule has 1 rings (SSSR count). The second-order valence-corrected chi connectivity index (χ2v) is 4.84. The van der Waals surface area contributed by atoms with Crippen LogP contribution in [0.15, 0.2) is 0 Å². The molecule has 1 N–H and O–H groups in total. The molecule has 0 radical (unpaired) electrons. The number of likely N-dealkylation sites (tertiary alicyclic amines) is 1. The summed E-state index contributed by atoms with van der Waals surface area (Å²) in [5.41, 5.74) is -0.436. The molecule has 17 heavy (non-hydrogen) atoms. The number of rotatable bonds is 6. The topological polar surface area (TPSA) is 41.6 Å². The first kappa shape index (κ1) is 14.5. The molecule has 1 heterocycles. The summed E-state index contributed by atoms with van der Waals surface area (Å²) in [5.74, 6) is -0.0953. The molecule has 0 aromatic heterocycles. The molecule has 4 nitrogen and oxygen atoms in total. The molecule has 0 aromatic carbocycles. The van der Waals surface area contributed by atoms with Crippen molar-refractivity contribution in [2.75, 3.05) is 33.3 Å². The third-order valence-electron chi connectivity index (χ3n) is 3.54. The van der Waals surface area contributed by atoms with Crippen molar-refractivity contribution in [3.05, 3.63) is 0 Å². The van der Waals surface area contributed by atoms with Gasteiger partial charge in [0.05, 0.1) is 7.11 Å². The van der Waals surface area contributed by atoms with E-state index in [1.807, 2.05) is 0 Å². The van der Waals surface area contributed by atoms with Crippen LogP contribution in [0.3, 0.4) is 0 Å². The predicted octanol–water partition coefficient (Wildman–Crippen LogP) is 1.40. The van der Waals surface area contributed by atoms with Gasteiger partial charge in [-0.1, -0.05) is 13.8 Å². The quantitative estimate of drug-likeness (QED) is 0.715. The number of methoxy groups -OCH3 is 1. The van der Waals surface area contributed by atoms with Crippen LogP contribution in [-0.4, -0.2) is 49.7 Å². The van der Waals surface area contributed by atoms with Crippen LogP contribution in [-0.2, 0) is 9.53 Å². The van der Waals surface area contributed by atoms with Gasteiger partial charge in [-0.15, -0.1) is 0 Å². The summed E-state index contributed by atoms with van der Waals surface area (Å²) in [6.07, 6.45) is 3.93. The van der Waals surface area contributed by atoms with Crippen molar-refractivity contribution in [2.45, 2.75) is 45.1 Å². The molecule has 1 aliphatic rings. The number of esters is 1. The number of ether oxygens (including phenoxy) is 1. The highest BCUT2D eigenvalue weighted by atomic mass is 16.5. The number of carbonyl (C=O) groups excluding carboxylic acids is 1. The third kappa shape index (κ3) is 3.68. The first-order chi connectivity index (χ1) is 8.18. The van der Waals surface area contributed by atoms with E-state index in [0.717, 1.165) is 45.4 Å². The molecule has 1 saturated heterocycles. The van der Waals surface area contributed by atoms with Crippen LogP contribution in [0, 0.1) is 0 Å². The van der Waals surface area contributed by atoms with Crippen LogP contribution in [0.1, 0.15) is 39.5 Å². The van der Waals surface area contributed by atoms with Crippen LogP contribution in [0.2, 0.25) is 0 Å². The van der Waals surface area contributed by atoms with Gasteiger partial charge in [0.1, 0.15) is 5.54 Å². The minimum atomic E-state index is -0.436. The van der Waals surface area contributed by atoms with Crippen LogP contribution in [0.25, 0.3) is 0 Å². The maximum atomic E-state index is 12.0. The predicted molar refractivity (Wildman–Crippen MR) is 69.0 cm³/mol. The highest BCUT2D eigenvalue weighted by molar-refractivity contribution is 5.81. The van der Waals surface area contributed by atoms with Crippen molar-refractivity contribution in [2.24, 2.45) is 0 Å². The minimum Gasteiger partial charge on any atom is -0.468 e. The molecule has 1 fully saturated rings. The average molecular weight is 242 g/mol. The van der Waals surface area contributed by atoms with Crippen molar-refractivity contribution in [1.29, 1.82) is 0 Å². The molecule has 0 aliphatic carbocycles. The molecule has 0 aromatic rings. The molecule has 0 unspecified atom stereocenters. The van der Waals surface area contributed by atoms with E-state index < -0.39 is 5.54 Å². The molecule has 1 aliphatic heterocycles. The summed E-state index contributed by atoms with van der Waals surface area (Å²) in [7, 11) is 1.48. The Morgan fingerprint density at radius 1 is 1.29 bits per heavy atom. The van der Waals surface area contributed by atoms with Gasteiger partial charge in [-0.05, 0) is 38.8 Å². The van der Waals surface area contributed by atoms with E-state index in [-0.39, 0.29) is 5.97 Å². The Morgan fingerprint density at radius 3 is 2.41 bits per heavy atom. The maximum absolute atomic E-state index is 12.0. The number of hydrogen-bond acceptors (Lipinski definition) is 4. The molecular weight excluding hydrogens is 216 g/mol. The van der Waals surface area contributed by atoms with Gasteiger partial charge in [0.2, 0.25) is 0 Å². The van der Waals surface area contributed by atoms with E-state index in [1.54, 1.807) is 0 Å².